The third-order valence-electron chi connectivity index (χ3n) is 6.01. The van der Waals surface area contributed by atoms with Gasteiger partial charge in [0.2, 0.25) is 5.75 Å². The maximum absolute atomic E-state index is 14.2. The molecule has 1 amide bonds. The number of hydrogen-bond acceptors (Lipinski definition) is 7. The van der Waals surface area contributed by atoms with E-state index in [0.29, 0.717) is 65.9 Å². The minimum absolute atomic E-state index is 0.223. The summed E-state index contributed by atoms with van der Waals surface area (Å²) in [5.74, 6) is 1.20. The van der Waals surface area contributed by atoms with Gasteiger partial charge in [0.05, 0.1) is 42.3 Å². The van der Waals surface area contributed by atoms with Gasteiger partial charge in [-0.1, -0.05) is 22.9 Å². The molecule has 0 bridgehead atoms. The van der Waals surface area contributed by atoms with Gasteiger partial charge in [-0.05, 0) is 77.4 Å². The van der Waals surface area contributed by atoms with Crippen LogP contribution in [-0.4, -0.2) is 47.0 Å². The molecule has 4 rings (SSSR count). The Labute approximate surface area is 232 Å². The molecule has 2 heterocycles. The van der Waals surface area contributed by atoms with Gasteiger partial charge in [0.25, 0.3) is 5.91 Å². The SMILES string of the molecule is CCOc1cc(C(=O)N(CCn2nc(C)cc2C)c2nc3c(C)c(Cl)ccc3s2)cc(OCC)c1OCC. The standard InChI is InChI=1S/C28H33ClN4O4S/c1-7-35-22-15-20(16-23(36-8-2)26(22)37-9-3)27(34)32(12-13-33-18(5)14-17(4)31-33)28-30-25-19(6)21(29)10-11-24(25)38-28/h10-11,14-16H,7-9,12-13H2,1-6H3. The third-order valence-corrected chi connectivity index (χ3v) is 7.46. The molecule has 0 saturated heterocycles. The molecule has 4 aromatic rings. The zero-order valence-corrected chi connectivity index (χ0v) is 24.2. The normalized spacial score (nSPS) is 11.1. The van der Waals surface area contributed by atoms with Crippen molar-refractivity contribution in [1.82, 2.24) is 14.8 Å². The monoisotopic (exact) mass is 556 g/mol. The molecule has 0 radical (unpaired) electrons. The predicted octanol–water partition coefficient (Wildman–Crippen LogP) is 6.61. The summed E-state index contributed by atoms with van der Waals surface area (Å²) < 4.78 is 20.4. The molecular weight excluding hydrogens is 524 g/mol. The van der Waals surface area contributed by atoms with Crippen molar-refractivity contribution in [3.63, 3.8) is 0 Å². The number of aryl methyl sites for hydroxylation is 3. The number of nitrogens with zero attached hydrogens (tertiary/aromatic N) is 4. The molecular formula is C28H33ClN4O4S. The summed E-state index contributed by atoms with van der Waals surface area (Å²) in [6, 6.07) is 9.24. The first-order chi connectivity index (χ1) is 18.3. The number of aromatic nitrogens is 3. The average molecular weight is 557 g/mol. The highest BCUT2D eigenvalue weighted by Crippen LogP contribution is 2.40. The number of hydrogen-bond donors (Lipinski definition) is 0. The second kappa shape index (κ2) is 12.0. The average Bonchev–Trinajstić information content (AvgIpc) is 3.46. The minimum atomic E-state index is -0.223. The molecule has 0 saturated carbocycles. The zero-order valence-electron chi connectivity index (χ0n) is 22.6. The van der Waals surface area contributed by atoms with Crippen LogP contribution in [-0.2, 0) is 6.54 Å². The third kappa shape index (κ3) is 5.73. The molecule has 0 aliphatic rings. The lowest BCUT2D eigenvalue weighted by molar-refractivity contribution is 0.0984. The van der Waals surface area contributed by atoms with Crippen LogP contribution in [0.1, 0.15) is 48.1 Å². The zero-order chi connectivity index (χ0) is 27.4. The van der Waals surface area contributed by atoms with Crippen molar-refractivity contribution in [2.45, 2.75) is 48.1 Å². The highest BCUT2D eigenvalue weighted by Gasteiger charge is 2.26. The van der Waals surface area contributed by atoms with E-state index in [4.69, 9.17) is 30.8 Å². The summed E-state index contributed by atoms with van der Waals surface area (Å²) in [6.45, 7) is 13.7. The molecule has 0 unspecified atom stereocenters. The molecule has 8 nitrogen and oxygen atoms in total. The maximum Gasteiger partial charge on any atom is 0.260 e. The fourth-order valence-corrected chi connectivity index (χ4v) is 5.45. The highest BCUT2D eigenvalue weighted by molar-refractivity contribution is 7.22. The quantitative estimate of drug-likeness (QED) is 0.207. The largest absolute Gasteiger partial charge is 0.490 e. The second-order valence-corrected chi connectivity index (χ2v) is 10.1. The van der Waals surface area contributed by atoms with Crippen LogP contribution >= 0.6 is 22.9 Å². The van der Waals surface area contributed by atoms with E-state index in [1.165, 1.54) is 11.3 Å². The van der Waals surface area contributed by atoms with Crippen molar-refractivity contribution in [3.05, 3.63) is 57.9 Å². The van der Waals surface area contributed by atoms with E-state index in [1.54, 1.807) is 17.0 Å². The van der Waals surface area contributed by atoms with Crippen LogP contribution in [0.5, 0.6) is 17.2 Å². The Kier molecular flexibility index (Phi) is 8.79. The molecule has 38 heavy (non-hydrogen) atoms. The minimum Gasteiger partial charge on any atom is -0.490 e. The number of carbonyl (C=O) groups excluding carboxylic acids is 1. The van der Waals surface area contributed by atoms with E-state index in [0.717, 1.165) is 27.2 Å². The molecule has 0 aliphatic heterocycles. The molecule has 0 N–H and O–H groups in total. The van der Waals surface area contributed by atoms with Crippen molar-refractivity contribution >= 4 is 44.2 Å². The van der Waals surface area contributed by atoms with E-state index in [1.807, 2.05) is 64.4 Å². The fourth-order valence-electron chi connectivity index (χ4n) is 4.25. The summed E-state index contributed by atoms with van der Waals surface area (Å²) in [4.78, 5) is 20.7. The number of rotatable bonds is 11. The van der Waals surface area contributed by atoms with Crippen molar-refractivity contribution in [2.75, 3.05) is 31.3 Å². The fraction of sp³-hybridized carbons (Fsp3) is 0.393. The number of amides is 1. The lowest BCUT2D eigenvalue weighted by Gasteiger charge is -2.22. The lowest BCUT2D eigenvalue weighted by atomic mass is 10.1. The maximum atomic E-state index is 14.2. The van der Waals surface area contributed by atoms with E-state index in [-0.39, 0.29) is 5.91 Å². The number of fused-ring (bicyclic) bond motifs is 1. The van der Waals surface area contributed by atoms with E-state index >= 15 is 0 Å². The Bertz CT molecular complexity index is 1420. The number of carbonyl (C=O) groups is 1. The second-order valence-electron chi connectivity index (χ2n) is 8.72. The molecule has 0 spiro atoms. The van der Waals surface area contributed by atoms with Gasteiger partial charge in [0.15, 0.2) is 16.6 Å². The molecule has 0 aliphatic carbocycles. The molecule has 0 atom stereocenters. The lowest BCUT2D eigenvalue weighted by Crippen LogP contribution is -2.34. The Balaban J connectivity index is 1.80. The Hall–Kier alpha value is -3.30. The van der Waals surface area contributed by atoms with Crippen LogP contribution in [0.4, 0.5) is 5.13 Å². The van der Waals surface area contributed by atoms with E-state index < -0.39 is 0 Å². The number of benzene rings is 2. The van der Waals surface area contributed by atoms with Crippen LogP contribution in [0.2, 0.25) is 5.02 Å². The first kappa shape index (κ1) is 27.7. The van der Waals surface area contributed by atoms with Crippen molar-refractivity contribution in [2.24, 2.45) is 0 Å². The highest BCUT2D eigenvalue weighted by atomic mass is 35.5. The van der Waals surface area contributed by atoms with Gasteiger partial charge in [0.1, 0.15) is 0 Å². The van der Waals surface area contributed by atoms with E-state index in [2.05, 4.69) is 5.10 Å². The van der Waals surface area contributed by atoms with Crippen LogP contribution < -0.4 is 19.1 Å². The van der Waals surface area contributed by atoms with Gasteiger partial charge in [-0.15, -0.1) is 0 Å². The summed E-state index contributed by atoms with van der Waals surface area (Å²) >= 11 is 7.82. The van der Waals surface area contributed by atoms with Gasteiger partial charge < -0.3 is 14.2 Å². The smallest absolute Gasteiger partial charge is 0.260 e. The Morgan fingerprint density at radius 2 is 1.66 bits per heavy atom. The number of halogens is 1. The molecule has 10 heteroatoms. The van der Waals surface area contributed by atoms with Gasteiger partial charge in [-0.25, -0.2) is 4.98 Å². The van der Waals surface area contributed by atoms with Crippen molar-refractivity contribution < 1.29 is 19.0 Å². The van der Waals surface area contributed by atoms with Crippen LogP contribution in [0.15, 0.2) is 30.3 Å². The Morgan fingerprint density at radius 3 is 2.24 bits per heavy atom. The summed E-state index contributed by atoms with van der Waals surface area (Å²) in [7, 11) is 0. The van der Waals surface area contributed by atoms with E-state index in [9.17, 15) is 4.79 Å². The molecule has 202 valence electrons. The van der Waals surface area contributed by atoms with Crippen molar-refractivity contribution in [3.8, 4) is 17.2 Å². The first-order valence-corrected chi connectivity index (χ1v) is 13.9. The summed E-state index contributed by atoms with van der Waals surface area (Å²) in [5, 5.41) is 5.80. The van der Waals surface area contributed by atoms with Gasteiger partial charge >= 0.3 is 0 Å². The Morgan fingerprint density at radius 1 is 1.00 bits per heavy atom. The first-order valence-electron chi connectivity index (χ1n) is 12.7. The number of thiazole rings is 1. The van der Waals surface area contributed by atoms with Gasteiger partial charge in [0, 0.05) is 22.8 Å². The molecule has 0 fully saturated rings. The van der Waals surface area contributed by atoms with Crippen LogP contribution in [0, 0.1) is 20.8 Å². The predicted molar refractivity (Wildman–Crippen MR) is 153 cm³/mol. The van der Waals surface area contributed by atoms with Gasteiger partial charge in [-0.3, -0.25) is 14.4 Å². The topological polar surface area (TPSA) is 78.7 Å². The molecule has 2 aromatic heterocycles. The van der Waals surface area contributed by atoms with Gasteiger partial charge in [-0.2, -0.15) is 5.10 Å². The summed E-state index contributed by atoms with van der Waals surface area (Å²) in [6.07, 6.45) is 0. The molecule has 2 aromatic carbocycles. The van der Waals surface area contributed by atoms with Crippen LogP contribution in [0.3, 0.4) is 0 Å². The number of ether oxygens (including phenoxy) is 3. The van der Waals surface area contributed by atoms with Crippen LogP contribution in [0.25, 0.3) is 10.2 Å². The van der Waals surface area contributed by atoms with Crippen molar-refractivity contribution in [1.29, 1.82) is 0 Å². The number of anilines is 1. The summed E-state index contributed by atoms with van der Waals surface area (Å²) in [5.41, 5.74) is 4.05.